The van der Waals surface area contributed by atoms with Gasteiger partial charge in [0.05, 0.1) is 6.61 Å². The van der Waals surface area contributed by atoms with Crippen LogP contribution in [0.5, 0.6) is 5.75 Å². The maximum absolute atomic E-state index is 13.5. The average Bonchev–Trinajstić information content (AvgIpc) is 2.80. The van der Waals surface area contributed by atoms with Gasteiger partial charge in [0.1, 0.15) is 16.7 Å². The highest BCUT2D eigenvalue weighted by atomic mass is 32.2. The third-order valence-electron chi connectivity index (χ3n) is 5.92. The number of rotatable bonds is 6. The second kappa shape index (κ2) is 10.2. The number of hydrogen-bond donors (Lipinski definition) is 2. The molecule has 2 aromatic carbocycles. The molecule has 2 aromatic rings. The van der Waals surface area contributed by atoms with Crippen LogP contribution in [0.4, 0.5) is 0 Å². The second-order valence-corrected chi connectivity index (χ2v) is 10.6. The number of fused-ring (bicyclic) bond motifs is 1. The van der Waals surface area contributed by atoms with Crippen LogP contribution in [0.1, 0.15) is 24.2 Å². The van der Waals surface area contributed by atoms with Gasteiger partial charge >= 0.3 is 0 Å². The Morgan fingerprint density at radius 1 is 1.24 bits per heavy atom. The molecular formula is C24H33N3O5S. The lowest BCUT2D eigenvalue weighted by Gasteiger charge is -2.36. The lowest BCUT2D eigenvalue weighted by molar-refractivity contribution is 0.0827. The standard InChI is InChI=1S/C24H33N3O5S/c1-16-14-27(17(2)15-28)33(30,31)23-10-9-19(12-21(23)32-22(16)13-25-3)18-7-6-8-20(11-18)24(29)26(4)5/h6-12,16-17,22,25,28H,13-15H2,1-5H3/t16-,17+,22+/m1/s1. The van der Waals surface area contributed by atoms with Gasteiger partial charge in [-0.1, -0.05) is 25.1 Å². The Morgan fingerprint density at radius 3 is 2.58 bits per heavy atom. The third-order valence-corrected chi connectivity index (χ3v) is 7.94. The van der Waals surface area contributed by atoms with Crippen LogP contribution < -0.4 is 10.1 Å². The molecule has 1 aliphatic rings. The molecule has 0 spiro atoms. The number of hydrogen-bond acceptors (Lipinski definition) is 6. The number of benzene rings is 2. The molecule has 0 radical (unpaired) electrons. The van der Waals surface area contributed by atoms with Gasteiger partial charge in [-0.2, -0.15) is 4.31 Å². The quantitative estimate of drug-likeness (QED) is 0.664. The number of likely N-dealkylation sites (N-methyl/N-ethyl adjacent to an activating group) is 1. The zero-order valence-electron chi connectivity index (χ0n) is 19.8. The summed E-state index contributed by atoms with van der Waals surface area (Å²) in [5.41, 5.74) is 2.07. The van der Waals surface area contributed by atoms with E-state index < -0.39 is 16.1 Å². The summed E-state index contributed by atoms with van der Waals surface area (Å²) in [5.74, 6) is 0.0383. The molecule has 0 unspecified atom stereocenters. The minimum absolute atomic E-state index is 0.0695. The molecule has 1 amide bonds. The lowest BCUT2D eigenvalue weighted by atomic mass is 10.0. The number of aliphatic hydroxyl groups excluding tert-OH is 1. The molecule has 0 saturated carbocycles. The van der Waals surface area contributed by atoms with Crippen molar-refractivity contribution in [1.82, 2.24) is 14.5 Å². The van der Waals surface area contributed by atoms with E-state index in [0.717, 1.165) is 11.1 Å². The smallest absolute Gasteiger partial charge is 0.253 e. The Hall–Kier alpha value is -2.46. The molecule has 8 nitrogen and oxygen atoms in total. The second-order valence-electron chi connectivity index (χ2n) is 8.74. The summed E-state index contributed by atoms with van der Waals surface area (Å²) in [7, 11) is 1.33. The summed E-state index contributed by atoms with van der Waals surface area (Å²) in [6.45, 7) is 4.15. The van der Waals surface area contributed by atoms with Gasteiger partial charge < -0.3 is 20.1 Å². The average molecular weight is 476 g/mol. The number of nitrogens with one attached hydrogen (secondary N) is 1. The number of ether oxygens (including phenoxy) is 1. The van der Waals surface area contributed by atoms with Gasteiger partial charge in [0.25, 0.3) is 5.91 Å². The van der Waals surface area contributed by atoms with Crippen molar-refractivity contribution in [3.05, 3.63) is 48.0 Å². The van der Waals surface area contributed by atoms with Crippen LogP contribution in [0, 0.1) is 5.92 Å². The fourth-order valence-electron chi connectivity index (χ4n) is 3.94. The molecule has 1 heterocycles. The normalized spacial score (nSPS) is 21.3. The molecule has 9 heteroatoms. The summed E-state index contributed by atoms with van der Waals surface area (Å²) in [5, 5.41) is 12.8. The van der Waals surface area contributed by atoms with Crippen molar-refractivity contribution in [2.24, 2.45) is 5.92 Å². The van der Waals surface area contributed by atoms with Crippen molar-refractivity contribution in [3.8, 4) is 16.9 Å². The molecule has 3 rings (SSSR count). The van der Waals surface area contributed by atoms with Crippen LogP contribution in [-0.2, 0) is 10.0 Å². The molecule has 0 saturated heterocycles. The topological polar surface area (TPSA) is 99.2 Å². The summed E-state index contributed by atoms with van der Waals surface area (Å²) in [6, 6.07) is 11.6. The Kier molecular flexibility index (Phi) is 7.79. The van der Waals surface area contributed by atoms with E-state index in [1.54, 1.807) is 57.4 Å². The Bertz CT molecular complexity index is 1100. The van der Waals surface area contributed by atoms with Crippen LogP contribution in [-0.4, -0.2) is 81.6 Å². The minimum atomic E-state index is -3.89. The fourth-order valence-corrected chi connectivity index (χ4v) is 5.77. The van der Waals surface area contributed by atoms with Crippen LogP contribution >= 0.6 is 0 Å². The molecule has 0 fully saturated rings. The third kappa shape index (κ3) is 5.22. The van der Waals surface area contributed by atoms with Gasteiger partial charge in [-0.25, -0.2) is 8.42 Å². The van der Waals surface area contributed by atoms with Crippen LogP contribution in [0.25, 0.3) is 11.1 Å². The monoisotopic (exact) mass is 475 g/mol. The van der Waals surface area contributed by atoms with E-state index in [4.69, 9.17) is 4.74 Å². The van der Waals surface area contributed by atoms with E-state index in [-0.39, 0.29) is 41.7 Å². The number of sulfonamides is 1. The summed E-state index contributed by atoms with van der Waals surface area (Å²) in [6.07, 6.45) is -0.269. The van der Waals surface area contributed by atoms with Gasteiger partial charge in [-0.3, -0.25) is 4.79 Å². The molecule has 2 N–H and O–H groups in total. The van der Waals surface area contributed by atoms with Crippen LogP contribution in [0.2, 0.25) is 0 Å². The van der Waals surface area contributed by atoms with Gasteiger partial charge in [0, 0.05) is 44.7 Å². The number of carbonyl (C=O) groups excluding carboxylic acids is 1. The molecule has 33 heavy (non-hydrogen) atoms. The first-order valence-corrected chi connectivity index (χ1v) is 12.4. The van der Waals surface area contributed by atoms with E-state index >= 15 is 0 Å². The first kappa shape index (κ1) is 25.2. The van der Waals surface area contributed by atoms with Gasteiger partial charge in [-0.15, -0.1) is 0 Å². The van der Waals surface area contributed by atoms with E-state index in [0.29, 0.717) is 12.1 Å². The van der Waals surface area contributed by atoms with Gasteiger partial charge in [-0.05, 0) is 49.4 Å². The highest BCUT2D eigenvalue weighted by Crippen LogP contribution is 2.36. The highest BCUT2D eigenvalue weighted by molar-refractivity contribution is 7.89. The maximum Gasteiger partial charge on any atom is 0.253 e. The summed E-state index contributed by atoms with van der Waals surface area (Å²) < 4.78 is 34.7. The number of amides is 1. The Morgan fingerprint density at radius 2 is 1.94 bits per heavy atom. The Labute approximate surface area is 196 Å². The van der Waals surface area contributed by atoms with E-state index in [2.05, 4.69) is 5.32 Å². The van der Waals surface area contributed by atoms with Crippen molar-refractivity contribution in [3.63, 3.8) is 0 Å². The van der Waals surface area contributed by atoms with Crippen molar-refractivity contribution < 1.29 is 23.1 Å². The Balaban J connectivity index is 2.13. The van der Waals surface area contributed by atoms with Crippen molar-refractivity contribution in [2.45, 2.75) is 30.9 Å². The van der Waals surface area contributed by atoms with Crippen LogP contribution in [0.15, 0.2) is 47.4 Å². The van der Waals surface area contributed by atoms with Crippen LogP contribution in [0.3, 0.4) is 0 Å². The van der Waals surface area contributed by atoms with Gasteiger partial charge in [0.15, 0.2) is 0 Å². The highest BCUT2D eigenvalue weighted by Gasteiger charge is 2.37. The molecule has 1 aliphatic heterocycles. The molecule has 0 bridgehead atoms. The van der Waals surface area contributed by atoms with Crippen molar-refractivity contribution >= 4 is 15.9 Å². The van der Waals surface area contributed by atoms with Crippen molar-refractivity contribution in [1.29, 1.82) is 0 Å². The van der Waals surface area contributed by atoms with Crippen molar-refractivity contribution in [2.75, 3.05) is 40.8 Å². The molecule has 0 aliphatic carbocycles. The SMILES string of the molecule is CNC[C@@H]1Oc2cc(-c3cccc(C(=O)N(C)C)c3)ccc2S(=O)(=O)N([C@@H](C)CO)C[C@H]1C. The fraction of sp³-hybridized carbons (Fsp3) is 0.458. The first-order chi connectivity index (χ1) is 15.6. The molecule has 180 valence electrons. The summed E-state index contributed by atoms with van der Waals surface area (Å²) >= 11 is 0. The van der Waals surface area contributed by atoms with Gasteiger partial charge in [0.2, 0.25) is 10.0 Å². The van der Waals surface area contributed by atoms with E-state index in [1.165, 1.54) is 9.21 Å². The molecule has 0 aromatic heterocycles. The number of carbonyl (C=O) groups is 1. The summed E-state index contributed by atoms with van der Waals surface area (Å²) in [4.78, 5) is 14.0. The van der Waals surface area contributed by atoms with E-state index in [9.17, 15) is 18.3 Å². The molecular weight excluding hydrogens is 442 g/mol. The molecule has 3 atom stereocenters. The first-order valence-electron chi connectivity index (χ1n) is 11.0. The maximum atomic E-state index is 13.5. The zero-order valence-corrected chi connectivity index (χ0v) is 20.6. The number of aliphatic hydroxyl groups is 1. The predicted molar refractivity (Wildman–Crippen MR) is 128 cm³/mol. The number of nitrogens with zero attached hydrogens (tertiary/aromatic N) is 2. The lowest BCUT2D eigenvalue weighted by Crippen LogP contribution is -2.49. The zero-order chi connectivity index (χ0) is 24.3. The van der Waals surface area contributed by atoms with E-state index in [1.807, 2.05) is 20.0 Å². The minimum Gasteiger partial charge on any atom is -0.487 e. The predicted octanol–water partition coefficient (Wildman–Crippen LogP) is 2.04. The largest absolute Gasteiger partial charge is 0.487 e.